The van der Waals surface area contributed by atoms with Gasteiger partial charge < -0.3 is 4.74 Å². The van der Waals surface area contributed by atoms with Crippen molar-refractivity contribution < 1.29 is 9.53 Å². The molecule has 4 nitrogen and oxygen atoms in total. The second kappa shape index (κ2) is 8.47. The molecule has 0 saturated carbocycles. The summed E-state index contributed by atoms with van der Waals surface area (Å²) in [4.78, 5) is 12.5. The number of halogens is 1. The Balaban J connectivity index is 2.05. The number of unbranched alkanes of at least 4 members (excludes halogenated alkanes) is 2. The molecule has 0 saturated heterocycles. The molecule has 0 unspecified atom stereocenters. The van der Waals surface area contributed by atoms with Gasteiger partial charge in [-0.1, -0.05) is 25.8 Å². The summed E-state index contributed by atoms with van der Waals surface area (Å²) in [5.74, 6) is 0.517. The van der Waals surface area contributed by atoms with Gasteiger partial charge in [0.25, 0.3) is 5.91 Å². The summed E-state index contributed by atoms with van der Waals surface area (Å²) in [6.45, 7) is 8.09. The largest absolute Gasteiger partial charge is 0.483 e. The minimum Gasteiger partial charge on any atom is -0.483 e. The molecule has 1 aromatic heterocycles. The summed E-state index contributed by atoms with van der Waals surface area (Å²) < 4.78 is 7.99. The fraction of sp³-hybridized carbons (Fsp3) is 0.474. The van der Waals surface area contributed by atoms with Gasteiger partial charge in [0, 0.05) is 5.69 Å². The van der Waals surface area contributed by atoms with Gasteiger partial charge in [0.2, 0.25) is 0 Å². The molecule has 5 heteroatoms. The zero-order valence-electron chi connectivity index (χ0n) is 14.9. The fourth-order valence-corrected chi connectivity index (χ4v) is 3.36. The quantitative estimate of drug-likeness (QED) is 0.621. The number of carbonyl (C=O) groups excluding carboxylic acids is 1. The van der Waals surface area contributed by atoms with Crippen LogP contribution >= 0.6 is 15.9 Å². The normalized spacial score (nSPS) is 10.9. The molecular formula is C19H25BrN2O2. The maximum absolute atomic E-state index is 12.5. The van der Waals surface area contributed by atoms with Crippen LogP contribution in [0.25, 0.3) is 0 Å². The number of aromatic nitrogens is 2. The molecule has 130 valence electrons. The summed E-state index contributed by atoms with van der Waals surface area (Å²) in [6.07, 6.45) is 4.49. The molecule has 0 amide bonds. The molecule has 0 radical (unpaired) electrons. The van der Waals surface area contributed by atoms with E-state index in [-0.39, 0.29) is 12.5 Å². The number of hydrogen-bond acceptors (Lipinski definition) is 3. The number of rotatable bonds is 7. The number of aryl methyl sites for hydroxylation is 2. The SMILES string of the molecule is CCCCCc1c(C)nn(C(=O)COc2ccc(C)cc2Br)c1C. The van der Waals surface area contributed by atoms with Crippen molar-refractivity contribution in [1.29, 1.82) is 0 Å². The molecule has 0 bridgehead atoms. The Morgan fingerprint density at radius 2 is 2.00 bits per heavy atom. The lowest BCUT2D eigenvalue weighted by Gasteiger charge is -2.09. The van der Waals surface area contributed by atoms with E-state index in [2.05, 4.69) is 28.0 Å². The lowest BCUT2D eigenvalue weighted by Crippen LogP contribution is -2.22. The molecule has 0 N–H and O–H groups in total. The Hall–Kier alpha value is -1.62. The average Bonchev–Trinajstić information content (AvgIpc) is 2.82. The molecule has 0 fully saturated rings. The van der Waals surface area contributed by atoms with Crippen LogP contribution in [0, 0.1) is 20.8 Å². The van der Waals surface area contributed by atoms with E-state index in [0.717, 1.165) is 34.3 Å². The van der Waals surface area contributed by atoms with Crippen molar-refractivity contribution in [2.45, 2.75) is 53.4 Å². The summed E-state index contributed by atoms with van der Waals surface area (Å²) >= 11 is 3.46. The zero-order valence-corrected chi connectivity index (χ0v) is 16.4. The third-order valence-corrected chi connectivity index (χ3v) is 4.77. The number of hydrogen-bond donors (Lipinski definition) is 0. The Morgan fingerprint density at radius 3 is 2.67 bits per heavy atom. The van der Waals surface area contributed by atoms with E-state index in [1.165, 1.54) is 23.1 Å². The molecule has 0 aliphatic rings. The van der Waals surface area contributed by atoms with Crippen molar-refractivity contribution in [1.82, 2.24) is 9.78 Å². The second-order valence-corrected chi connectivity index (χ2v) is 6.99. The molecule has 1 heterocycles. The summed E-state index contributed by atoms with van der Waals surface area (Å²) in [5.41, 5.74) is 4.19. The number of nitrogens with zero attached hydrogens (tertiary/aromatic N) is 2. The van der Waals surface area contributed by atoms with Gasteiger partial charge in [0.05, 0.1) is 10.2 Å². The van der Waals surface area contributed by atoms with Crippen LogP contribution in [0.2, 0.25) is 0 Å². The van der Waals surface area contributed by atoms with E-state index in [9.17, 15) is 4.79 Å². The van der Waals surface area contributed by atoms with Gasteiger partial charge in [0.1, 0.15) is 5.75 Å². The predicted octanol–water partition coefficient (Wildman–Crippen LogP) is 5.02. The average molecular weight is 393 g/mol. The fourth-order valence-electron chi connectivity index (χ4n) is 2.75. The highest BCUT2D eigenvalue weighted by Gasteiger charge is 2.17. The molecule has 0 spiro atoms. The Bertz CT molecular complexity index is 722. The summed E-state index contributed by atoms with van der Waals surface area (Å²) in [6, 6.07) is 5.79. The lowest BCUT2D eigenvalue weighted by molar-refractivity contribution is 0.0817. The lowest BCUT2D eigenvalue weighted by atomic mass is 10.1. The highest BCUT2D eigenvalue weighted by atomic mass is 79.9. The van der Waals surface area contributed by atoms with Crippen LogP contribution in [0.5, 0.6) is 5.75 Å². The first-order valence-electron chi connectivity index (χ1n) is 8.41. The van der Waals surface area contributed by atoms with Crippen LogP contribution in [0.4, 0.5) is 0 Å². The van der Waals surface area contributed by atoms with Crippen molar-refractivity contribution in [3.05, 3.63) is 45.2 Å². The van der Waals surface area contributed by atoms with E-state index in [1.807, 2.05) is 39.0 Å². The highest BCUT2D eigenvalue weighted by Crippen LogP contribution is 2.25. The molecule has 0 aliphatic carbocycles. The first-order valence-corrected chi connectivity index (χ1v) is 9.20. The maximum atomic E-state index is 12.5. The molecular weight excluding hydrogens is 368 g/mol. The standard InChI is InChI=1S/C19H25BrN2O2/c1-5-6-7-8-16-14(3)21-22(15(16)4)19(23)12-24-18-10-9-13(2)11-17(18)20/h9-11H,5-8,12H2,1-4H3. The van der Waals surface area contributed by atoms with Crippen LogP contribution in [-0.2, 0) is 6.42 Å². The monoisotopic (exact) mass is 392 g/mol. The van der Waals surface area contributed by atoms with Gasteiger partial charge in [0.15, 0.2) is 6.61 Å². The van der Waals surface area contributed by atoms with Crippen molar-refractivity contribution in [2.24, 2.45) is 0 Å². The van der Waals surface area contributed by atoms with E-state index in [0.29, 0.717) is 5.75 Å². The van der Waals surface area contributed by atoms with E-state index in [4.69, 9.17) is 4.74 Å². The smallest absolute Gasteiger partial charge is 0.284 e. The van der Waals surface area contributed by atoms with Gasteiger partial charge in [-0.3, -0.25) is 4.79 Å². The first kappa shape index (κ1) is 18.7. The highest BCUT2D eigenvalue weighted by molar-refractivity contribution is 9.10. The minimum absolute atomic E-state index is 0.0297. The van der Waals surface area contributed by atoms with E-state index in [1.54, 1.807) is 0 Å². The molecule has 0 aliphatic heterocycles. The van der Waals surface area contributed by atoms with Crippen LogP contribution in [0.15, 0.2) is 22.7 Å². The topological polar surface area (TPSA) is 44.1 Å². The Morgan fingerprint density at radius 1 is 1.25 bits per heavy atom. The molecule has 24 heavy (non-hydrogen) atoms. The molecule has 0 atom stereocenters. The summed E-state index contributed by atoms with van der Waals surface area (Å²) in [5, 5.41) is 4.41. The first-order chi connectivity index (χ1) is 11.4. The van der Waals surface area contributed by atoms with E-state index >= 15 is 0 Å². The predicted molar refractivity (Wildman–Crippen MR) is 99.9 cm³/mol. The number of carbonyl (C=O) groups is 1. The van der Waals surface area contributed by atoms with Crippen molar-refractivity contribution in [2.75, 3.05) is 6.61 Å². The third-order valence-electron chi connectivity index (χ3n) is 4.15. The molecule has 2 rings (SSSR count). The summed E-state index contributed by atoms with van der Waals surface area (Å²) in [7, 11) is 0. The van der Waals surface area contributed by atoms with Crippen molar-refractivity contribution >= 4 is 21.8 Å². The Labute approximate surface area is 152 Å². The van der Waals surface area contributed by atoms with Gasteiger partial charge in [-0.15, -0.1) is 0 Å². The third kappa shape index (κ3) is 4.47. The van der Waals surface area contributed by atoms with Crippen LogP contribution < -0.4 is 4.74 Å². The van der Waals surface area contributed by atoms with Crippen LogP contribution in [0.1, 0.15) is 53.5 Å². The minimum atomic E-state index is -0.148. The molecule has 2 aromatic rings. The van der Waals surface area contributed by atoms with Crippen molar-refractivity contribution in [3.63, 3.8) is 0 Å². The molecule has 1 aromatic carbocycles. The maximum Gasteiger partial charge on any atom is 0.284 e. The van der Waals surface area contributed by atoms with Gasteiger partial charge >= 0.3 is 0 Å². The Kier molecular flexibility index (Phi) is 6.60. The van der Waals surface area contributed by atoms with E-state index < -0.39 is 0 Å². The number of ether oxygens (including phenoxy) is 1. The van der Waals surface area contributed by atoms with Crippen LogP contribution in [-0.4, -0.2) is 22.3 Å². The van der Waals surface area contributed by atoms with Gasteiger partial charge in [-0.25, -0.2) is 4.68 Å². The van der Waals surface area contributed by atoms with Gasteiger partial charge in [-0.2, -0.15) is 5.10 Å². The zero-order chi connectivity index (χ0) is 17.7. The van der Waals surface area contributed by atoms with Crippen molar-refractivity contribution in [3.8, 4) is 5.75 Å². The number of benzene rings is 1. The second-order valence-electron chi connectivity index (χ2n) is 6.13. The van der Waals surface area contributed by atoms with Crippen LogP contribution in [0.3, 0.4) is 0 Å². The van der Waals surface area contributed by atoms with Gasteiger partial charge in [-0.05, 0) is 72.8 Å².